The molecule has 2 heterocycles. The molecule has 1 unspecified atom stereocenters. The molecule has 0 saturated heterocycles. The van der Waals surface area contributed by atoms with E-state index in [9.17, 15) is 0 Å². The summed E-state index contributed by atoms with van der Waals surface area (Å²) in [6.45, 7) is 2.23. The predicted molar refractivity (Wildman–Crippen MR) is 62.0 cm³/mol. The van der Waals surface area contributed by atoms with Crippen LogP contribution in [0.4, 0.5) is 0 Å². The van der Waals surface area contributed by atoms with Crippen LogP contribution in [0.3, 0.4) is 0 Å². The molecule has 3 heteroatoms. The number of pyridine rings is 1. The van der Waals surface area contributed by atoms with E-state index in [2.05, 4.69) is 43.2 Å². The second-order valence-electron chi connectivity index (χ2n) is 4.22. The lowest BCUT2D eigenvalue weighted by Crippen LogP contribution is -2.26. The average molecular weight is 203 g/mol. The number of likely N-dealkylation sites (N-methyl/N-ethyl adjacent to an activating group) is 1. The van der Waals surface area contributed by atoms with E-state index in [1.807, 2.05) is 23.0 Å². The smallest absolute Gasteiger partial charge is 0.0694 e. The van der Waals surface area contributed by atoms with Gasteiger partial charge in [0.25, 0.3) is 0 Å². The minimum absolute atomic E-state index is 0.540. The monoisotopic (exact) mass is 203 g/mol. The van der Waals surface area contributed by atoms with Gasteiger partial charge in [-0.15, -0.1) is 0 Å². The van der Waals surface area contributed by atoms with Crippen molar-refractivity contribution in [2.24, 2.45) is 0 Å². The number of hydrogen-bond donors (Lipinski definition) is 0. The minimum atomic E-state index is 0.540. The standard InChI is InChI=1S/C12H17N3/c1-10(14(2)3)8-11-9-13-15-7-5-4-6-12(11)15/h4-7,9-10H,8H2,1-3H3. The summed E-state index contributed by atoms with van der Waals surface area (Å²) in [5.41, 5.74) is 2.53. The van der Waals surface area contributed by atoms with Crippen molar-refractivity contribution in [3.8, 4) is 0 Å². The lowest BCUT2D eigenvalue weighted by Gasteiger charge is -2.18. The number of fused-ring (bicyclic) bond motifs is 1. The Bertz CT molecular complexity index is 445. The Morgan fingerprint density at radius 1 is 1.40 bits per heavy atom. The van der Waals surface area contributed by atoms with Gasteiger partial charge in [0.2, 0.25) is 0 Å². The SMILES string of the molecule is CC(Cc1cnn2ccccc12)N(C)C. The van der Waals surface area contributed by atoms with Gasteiger partial charge in [-0.05, 0) is 45.1 Å². The molecule has 0 saturated carbocycles. The van der Waals surface area contributed by atoms with Crippen LogP contribution in [-0.2, 0) is 6.42 Å². The van der Waals surface area contributed by atoms with Crippen molar-refractivity contribution >= 4 is 5.52 Å². The molecule has 0 aliphatic heterocycles. The number of nitrogens with zero attached hydrogens (tertiary/aromatic N) is 3. The Balaban J connectivity index is 2.29. The van der Waals surface area contributed by atoms with E-state index in [1.54, 1.807) is 0 Å². The van der Waals surface area contributed by atoms with Crippen molar-refractivity contribution in [3.05, 3.63) is 36.2 Å². The second kappa shape index (κ2) is 4.03. The molecule has 80 valence electrons. The Morgan fingerprint density at radius 3 is 2.93 bits per heavy atom. The van der Waals surface area contributed by atoms with Crippen LogP contribution in [0.2, 0.25) is 0 Å². The van der Waals surface area contributed by atoms with Crippen LogP contribution < -0.4 is 0 Å². The third kappa shape index (κ3) is 2.02. The number of rotatable bonds is 3. The molecule has 0 aliphatic carbocycles. The Morgan fingerprint density at radius 2 is 2.20 bits per heavy atom. The molecule has 15 heavy (non-hydrogen) atoms. The Labute approximate surface area is 90.3 Å². The molecule has 0 N–H and O–H groups in total. The van der Waals surface area contributed by atoms with Gasteiger partial charge >= 0.3 is 0 Å². The molecule has 0 amide bonds. The van der Waals surface area contributed by atoms with Crippen molar-refractivity contribution in [3.63, 3.8) is 0 Å². The Kier molecular flexibility index (Phi) is 2.73. The van der Waals surface area contributed by atoms with Crippen LogP contribution in [-0.4, -0.2) is 34.7 Å². The molecule has 3 nitrogen and oxygen atoms in total. The van der Waals surface area contributed by atoms with Crippen LogP contribution in [0, 0.1) is 0 Å². The highest BCUT2D eigenvalue weighted by Crippen LogP contribution is 2.13. The van der Waals surface area contributed by atoms with Crippen molar-refractivity contribution in [2.75, 3.05) is 14.1 Å². The first-order valence-electron chi connectivity index (χ1n) is 5.26. The summed E-state index contributed by atoms with van der Waals surface area (Å²) < 4.78 is 1.93. The molecular formula is C12H17N3. The zero-order chi connectivity index (χ0) is 10.8. The van der Waals surface area contributed by atoms with Gasteiger partial charge in [0, 0.05) is 12.2 Å². The molecule has 0 aromatic carbocycles. The zero-order valence-corrected chi connectivity index (χ0v) is 9.51. The van der Waals surface area contributed by atoms with Gasteiger partial charge in [0.15, 0.2) is 0 Å². The highest BCUT2D eigenvalue weighted by Gasteiger charge is 2.09. The topological polar surface area (TPSA) is 20.5 Å². The summed E-state index contributed by atoms with van der Waals surface area (Å²) in [4.78, 5) is 2.23. The summed E-state index contributed by atoms with van der Waals surface area (Å²) in [6.07, 6.45) is 5.00. The van der Waals surface area contributed by atoms with E-state index in [0.29, 0.717) is 6.04 Å². The number of hydrogen-bond acceptors (Lipinski definition) is 2. The molecule has 2 aromatic heterocycles. The average Bonchev–Trinajstić information content (AvgIpc) is 2.62. The van der Waals surface area contributed by atoms with Crippen molar-refractivity contribution < 1.29 is 0 Å². The van der Waals surface area contributed by atoms with Crippen LogP contribution in [0.25, 0.3) is 5.52 Å². The first-order valence-corrected chi connectivity index (χ1v) is 5.26. The fourth-order valence-corrected chi connectivity index (χ4v) is 1.65. The molecule has 0 aliphatic rings. The van der Waals surface area contributed by atoms with Gasteiger partial charge in [-0.3, -0.25) is 0 Å². The maximum absolute atomic E-state index is 4.33. The fraction of sp³-hybridized carbons (Fsp3) is 0.417. The third-order valence-electron chi connectivity index (χ3n) is 2.90. The Hall–Kier alpha value is -1.35. The predicted octanol–water partition coefficient (Wildman–Crippen LogP) is 1.83. The number of aromatic nitrogens is 2. The van der Waals surface area contributed by atoms with E-state index < -0.39 is 0 Å². The molecule has 0 bridgehead atoms. The second-order valence-corrected chi connectivity index (χ2v) is 4.22. The fourth-order valence-electron chi connectivity index (χ4n) is 1.65. The first kappa shape index (κ1) is 10.2. The highest BCUT2D eigenvalue weighted by atomic mass is 15.2. The van der Waals surface area contributed by atoms with Gasteiger partial charge in [-0.25, -0.2) is 4.52 Å². The summed E-state index contributed by atoms with van der Waals surface area (Å²) in [5, 5.41) is 4.33. The molecule has 1 atom stereocenters. The van der Waals surface area contributed by atoms with Gasteiger partial charge in [0.1, 0.15) is 0 Å². The largest absolute Gasteiger partial charge is 0.306 e. The molecule has 0 radical (unpaired) electrons. The first-order chi connectivity index (χ1) is 7.18. The molecule has 2 aromatic rings. The van der Waals surface area contributed by atoms with Crippen LogP contribution in [0.15, 0.2) is 30.6 Å². The molecular weight excluding hydrogens is 186 g/mol. The third-order valence-corrected chi connectivity index (χ3v) is 2.90. The lowest BCUT2D eigenvalue weighted by molar-refractivity contribution is 0.313. The minimum Gasteiger partial charge on any atom is -0.306 e. The molecule has 2 rings (SSSR count). The van der Waals surface area contributed by atoms with E-state index in [0.717, 1.165) is 6.42 Å². The van der Waals surface area contributed by atoms with Gasteiger partial charge in [0.05, 0.1) is 11.7 Å². The quantitative estimate of drug-likeness (QED) is 0.758. The van der Waals surface area contributed by atoms with E-state index in [-0.39, 0.29) is 0 Å². The maximum Gasteiger partial charge on any atom is 0.0694 e. The van der Waals surface area contributed by atoms with Crippen molar-refractivity contribution in [1.82, 2.24) is 14.5 Å². The van der Waals surface area contributed by atoms with Crippen LogP contribution >= 0.6 is 0 Å². The van der Waals surface area contributed by atoms with Crippen molar-refractivity contribution in [2.45, 2.75) is 19.4 Å². The summed E-state index contributed by atoms with van der Waals surface area (Å²) in [5.74, 6) is 0. The highest BCUT2D eigenvalue weighted by molar-refractivity contribution is 5.53. The zero-order valence-electron chi connectivity index (χ0n) is 9.51. The van der Waals surface area contributed by atoms with E-state index in [4.69, 9.17) is 0 Å². The molecule has 0 fully saturated rings. The van der Waals surface area contributed by atoms with Crippen LogP contribution in [0.5, 0.6) is 0 Å². The lowest BCUT2D eigenvalue weighted by atomic mass is 10.1. The summed E-state index contributed by atoms with van der Waals surface area (Å²) >= 11 is 0. The normalized spacial score (nSPS) is 13.6. The van der Waals surface area contributed by atoms with Crippen molar-refractivity contribution in [1.29, 1.82) is 0 Å². The maximum atomic E-state index is 4.33. The van der Waals surface area contributed by atoms with E-state index >= 15 is 0 Å². The summed E-state index contributed by atoms with van der Waals surface area (Å²) in [6, 6.07) is 6.71. The van der Waals surface area contributed by atoms with Crippen LogP contribution in [0.1, 0.15) is 12.5 Å². The van der Waals surface area contributed by atoms with Gasteiger partial charge in [-0.2, -0.15) is 5.10 Å². The van der Waals surface area contributed by atoms with Gasteiger partial charge < -0.3 is 4.90 Å². The summed E-state index contributed by atoms with van der Waals surface area (Å²) in [7, 11) is 4.22. The van der Waals surface area contributed by atoms with Gasteiger partial charge in [-0.1, -0.05) is 6.07 Å². The molecule has 0 spiro atoms. The van der Waals surface area contributed by atoms with E-state index in [1.165, 1.54) is 11.1 Å².